The van der Waals surface area contributed by atoms with Crippen molar-refractivity contribution in [1.29, 1.82) is 0 Å². The highest BCUT2D eigenvalue weighted by Crippen LogP contribution is 2.63. The van der Waals surface area contributed by atoms with E-state index in [1.165, 1.54) is 10.9 Å². The first-order valence-corrected chi connectivity index (χ1v) is 14.8. The molecule has 4 aromatic heterocycles. The van der Waals surface area contributed by atoms with Crippen molar-refractivity contribution in [2.45, 2.75) is 54.8 Å². The summed E-state index contributed by atoms with van der Waals surface area (Å²) in [5, 5.41) is 20.6. The van der Waals surface area contributed by atoms with E-state index in [4.69, 9.17) is 41.8 Å². The fourth-order valence-electron chi connectivity index (χ4n) is 5.31. The summed E-state index contributed by atoms with van der Waals surface area (Å²) in [5.41, 5.74) is 8.60. The van der Waals surface area contributed by atoms with Crippen LogP contribution in [-0.2, 0) is 30.3 Å². The van der Waals surface area contributed by atoms with Crippen LogP contribution in [0.1, 0.15) is 12.5 Å². The first kappa shape index (κ1) is 27.6. The fourth-order valence-corrected chi connectivity index (χ4v) is 7.03. The zero-order valence-corrected chi connectivity index (χ0v) is 22.5. The Bertz CT molecular complexity index is 1830. The van der Waals surface area contributed by atoms with E-state index in [2.05, 4.69) is 29.9 Å². The molecule has 22 heteroatoms. The van der Waals surface area contributed by atoms with Gasteiger partial charge in [0.05, 0.1) is 19.3 Å². The van der Waals surface area contributed by atoms with Gasteiger partial charge in [-0.15, -0.1) is 0 Å². The molecule has 0 amide bonds. The third-order valence-corrected chi connectivity index (χ3v) is 8.91. The molecule has 2 saturated heterocycles. The van der Waals surface area contributed by atoms with Gasteiger partial charge in [-0.05, 0) is 11.8 Å². The van der Waals surface area contributed by atoms with E-state index in [1.54, 1.807) is 0 Å². The molecule has 2 aliphatic heterocycles. The van der Waals surface area contributed by atoms with E-state index in [0.717, 1.165) is 17.2 Å². The number of aromatic nitrogens is 8. The van der Waals surface area contributed by atoms with E-state index >= 15 is 8.78 Å². The van der Waals surface area contributed by atoms with Crippen LogP contribution in [0, 0.1) is 0 Å². The average Bonchev–Trinajstić information content (AvgIpc) is 3.45. The van der Waals surface area contributed by atoms with Crippen LogP contribution < -0.4 is 17.0 Å². The van der Waals surface area contributed by atoms with E-state index in [0.29, 0.717) is 0 Å². The first-order valence-electron chi connectivity index (χ1n) is 12.2. The lowest BCUT2D eigenvalue weighted by molar-refractivity contribution is -0.0649. The van der Waals surface area contributed by atoms with Gasteiger partial charge in [0.25, 0.3) is 5.56 Å². The summed E-state index contributed by atoms with van der Waals surface area (Å²) < 4.78 is 55.4. The summed E-state index contributed by atoms with van der Waals surface area (Å²) >= 11 is 5.08. The van der Waals surface area contributed by atoms with Crippen LogP contribution in [0.3, 0.4) is 0 Å². The number of nitrogens with zero attached hydrogens (tertiary/aromatic N) is 7. The number of nitrogens with one attached hydrogen (secondary N) is 1. The monoisotopic (exact) mass is 630 g/mol. The van der Waals surface area contributed by atoms with Gasteiger partial charge >= 0.3 is 6.72 Å². The number of fused-ring (bicyclic) bond motifs is 3. The predicted octanol–water partition coefficient (Wildman–Crippen LogP) is -1.68. The van der Waals surface area contributed by atoms with Crippen molar-refractivity contribution in [1.82, 2.24) is 39.0 Å². The number of imidazole rings is 2. The minimum absolute atomic E-state index is 0.0638. The lowest BCUT2D eigenvalue weighted by atomic mass is 10.1. The molecule has 3 fully saturated rings. The number of nitrogen functional groups attached to an aromatic ring is 2. The molecule has 0 aromatic carbocycles. The zero-order valence-electron chi connectivity index (χ0n) is 20.8. The van der Waals surface area contributed by atoms with Crippen LogP contribution in [-0.4, -0.2) is 103 Å². The molecular weight excluding hydrogens is 609 g/mol. The van der Waals surface area contributed by atoms with E-state index in [1.807, 2.05) is 0 Å². The Morgan fingerprint density at radius 1 is 1.10 bits per heavy atom. The Morgan fingerprint density at radius 3 is 2.50 bits per heavy atom. The van der Waals surface area contributed by atoms with Gasteiger partial charge in [-0.3, -0.25) is 28.0 Å². The van der Waals surface area contributed by atoms with Gasteiger partial charge in [0, 0.05) is 0 Å². The SMILES string of the molecule is Nc1nc2c(ncn2[C@@H]2O[C@H](CO)[C@@H](F)[C@@H]2OP(O)(=S)OC2[C@H]3O[C@@H](n4cnc5c(N)ncnc54)[C@@H](F)[C@@]23O)c(=O)[nH]1. The van der Waals surface area contributed by atoms with Gasteiger partial charge in [-0.25, -0.2) is 28.7 Å². The van der Waals surface area contributed by atoms with Crippen molar-refractivity contribution in [3.63, 3.8) is 0 Å². The second kappa shape index (κ2) is 9.36. The molecular formula is C20H21F2N10O8PS. The summed E-state index contributed by atoms with van der Waals surface area (Å²) in [6.45, 7) is -5.23. The molecule has 0 spiro atoms. The van der Waals surface area contributed by atoms with Crippen molar-refractivity contribution >= 4 is 52.6 Å². The first-order chi connectivity index (χ1) is 19.9. The van der Waals surface area contributed by atoms with Gasteiger partial charge in [0.15, 0.2) is 53.0 Å². The summed E-state index contributed by atoms with van der Waals surface area (Å²) in [4.78, 5) is 45.2. The highest BCUT2D eigenvalue weighted by atomic mass is 32.5. The number of nitrogens with two attached hydrogens (primary N) is 2. The molecule has 6 heterocycles. The Hall–Kier alpha value is -3.27. The Kier molecular flexibility index (Phi) is 6.14. The molecule has 3 aliphatic rings. The molecule has 4 aromatic rings. The molecule has 7 rings (SSSR count). The smallest absolute Gasteiger partial charge is 0.325 e. The third kappa shape index (κ3) is 3.97. The van der Waals surface area contributed by atoms with Crippen molar-refractivity contribution in [2.75, 3.05) is 18.1 Å². The number of aromatic amines is 1. The number of aliphatic hydroxyl groups excluding tert-OH is 1. The number of anilines is 2. The Balaban J connectivity index is 1.11. The molecule has 1 saturated carbocycles. The second-order valence-electron chi connectivity index (χ2n) is 9.85. The molecule has 2 unspecified atom stereocenters. The lowest BCUT2D eigenvalue weighted by Gasteiger charge is -2.27. The summed E-state index contributed by atoms with van der Waals surface area (Å²) in [6.07, 6.45) is -9.40. The summed E-state index contributed by atoms with van der Waals surface area (Å²) in [6, 6.07) is 0. The van der Waals surface area contributed by atoms with Crippen LogP contribution in [0.5, 0.6) is 0 Å². The molecule has 0 radical (unpaired) electrons. The number of H-pyrrole nitrogens is 1. The van der Waals surface area contributed by atoms with Gasteiger partial charge < -0.3 is 36.0 Å². The number of alkyl halides is 2. The second-order valence-corrected chi connectivity index (χ2v) is 12.6. The van der Waals surface area contributed by atoms with E-state index in [-0.39, 0.29) is 34.1 Å². The lowest BCUT2D eigenvalue weighted by Crippen LogP contribution is -2.35. The topological polar surface area (TPSA) is 257 Å². The van der Waals surface area contributed by atoms with Crippen LogP contribution in [0.4, 0.5) is 20.5 Å². The molecule has 42 heavy (non-hydrogen) atoms. The largest absolute Gasteiger partial charge is 0.394 e. The Morgan fingerprint density at radius 2 is 1.81 bits per heavy atom. The standard InChI is InChI=1S/C20H21F2N10O8PS/c21-6-5(1-33)37-17(32-4-28-8-15(32)29-19(24)30-16(8)34)9(6)39-41(36,42)40-12-11-20(12,35)10(22)18(38-11)31-3-27-7-13(23)25-2-26-14(7)31/h2-6,9-12,17-18,33,35H,1H2,(H,36,42)(H2,23,25,26)(H3,24,29,30,34)/t5-,6-,9+,10-,11-,12?,17-,18-,20+,41?/m1/s1. The molecule has 0 bridgehead atoms. The maximum atomic E-state index is 15.6. The van der Waals surface area contributed by atoms with Crippen LogP contribution >= 0.6 is 6.72 Å². The van der Waals surface area contributed by atoms with Crippen LogP contribution in [0.15, 0.2) is 23.8 Å². The van der Waals surface area contributed by atoms with Gasteiger partial charge in [0.2, 0.25) is 5.95 Å². The Labute approximate surface area is 236 Å². The normalized spacial score (nSPS) is 35.5. The number of hydrogen-bond donors (Lipinski definition) is 6. The maximum absolute atomic E-state index is 15.6. The van der Waals surface area contributed by atoms with Crippen molar-refractivity contribution in [3.05, 3.63) is 29.3 Å². The molecule has 10 atom stereocenters. The predicted molar refractivity (Wildman–Crippen MR) is 138 cm³/mol. The zero-order chi connectivity index (χ0) is 29.7. The number of rotatable bonds is 7. The highest BCUT2D eigenvalue weighted by molar-refractivity contribution is 8.07. The number of aliphatic hydroxyl groups is 2. The van der Waals surface area contributed by atoms with Gasteiger partial charge in [-0.2, -0.15) is 4.98 Å². The fraction of sp³-hybridized carbons (Fsp3) is 0.500. The van der Waals surface area contributed by atoms with E-state index in [9.17, 15) is 19.9 Å². The molecule has 8 N–H and O–H groups in total. The van der Waals surface area contributed by atoms with Crippen LogP contribution in [0.25, 0.3) is 22.3 Å². The minimum atomic E-state index is -4.45. The number of ether oxygens (including phenoxy) is 2. The third-order valence-electron chi connectivity index (χ3n) is 7.39. The van der Waals surface area contributed by atoms with Gasteiger partial charge in [0.1, 0.15) is 36.3 Å². The molecule has 224 valence electrons. The minimum Gasteiger partial charge on any atom is -0.394 e. The molecule has 18 nitrogen and oxygen atoms in total. The van der Waals surface area contributed by atoms with Gasteiger partial charge in [-0.1, -0.05) is 0 Å². The van der Waals surface area contributed by atoms with Crippen molar-refractivity contribution in [2.24, 2.45) is 0 Å². The highest BCUT2D eigenvalue weighted by Gasteiger charge is 2.80. The number of halogens is 2. The van der Waals surface area contributed by atoms with Crippen molar-refractivity contribution in [3.8, 4) is 0 Å². The summed E-state index contributed by atoms with van der Waals surface area (Å²) in [7, 11) is 0. The number of hydrogen-bond acceptors (Lipinski definition) is 15. The average molecular weight is 630 g/mol. The molecule has 1 aliphatic carbocycles. The summed E-state index contributed by atoms with van der Waals surface area (Å²) in [5.74, 6) is -0.197. The van der Waals surface area contributed by atoms with E-state index < -0.39 is 73.7 Å². The maximum Gasteiger partial charge on any atom is 0.325 e. The van der Waals surface area contributed by atoms with Crippen molar-refractivity contribution < 1.29 is 42.4 Å². The van der Waals surface area contributed by atoms with Crippen LogP contribution in [0.2, 0.25) is 0 Å². The quantitative estimate of drug-likeness (QED) is 0.125.